The number of fused-ring (bicyclic) bond motifs is 3. The quantitative estimate of drug-likeness (QED) is 0.330. The van der Waals surface area contributed by atoms with E-state index in [2.05, 4.69) is 4.98 Å². The van der Waals surface area contributed by atoms with E-state index >= 15 is 8.78 Å². The van der Waals surface area contributed by atoms with Gasteiger partial charge in [-0.15, -0.1) is 0 Å². The first kappa shape index (κ1) is 27.9. The third-order valence-corrected chi connectivity index (χ3v) is 8.00. The van der Waals surface area contributed by atoms with E-state index in [9.17, 15) is 27.8 Å². The predicted octanol–water partition coefficient (Wildman–Crippen LogP) is 4.87. The van der Waals surface area contributed by atoms with Gasteiger partial charge < -0.3 is 20.1 Å². The van der Waals surface area contributed by atoms with Crippen molar-refractivity contribution >= 4 is 10.9 Å². The summed E-state index contributed by atoms with van der Waals surface area (Å²) in [5, 5.41) is 20.5. The van der Waals surface area contributed by atoms with Crippen molar-refractivity contribution in [2.75, 3.05) is 39.5 Å². The van der Waals surface area contributed by atoms with Gasteiger partial charge in [0.1, 0.15) is 24.1 Å². The number of aromatic amines is 1. The van der Waals surface area contributed by atoms with E-state index in [0.29, 0.717) is 37.0 Å². The lowest BCUT2D eigenvalue weighted by Crippen LogP contribution is -2.50. The maximum Gasteiger partial charge on any atom is 0.283 e. The van der Waals surface area contributed by atoms with Gasteiger partial charge in [-0.2, -0.15) is 0 Å². The molecule has 5 nitrogen and oxygen atoms in total. The van der Waals surface area contributed by atoms with Gasteiger partial charge in [0.2, 0.25) is 0 Å². The molecular weight excluding hydrogens is 524 g/mol. The average Bonchev–Trinajstić information content (AvgIpc) is 3.23. The van der Waals surface area contributed by atoms with Crippen molar-refractivity contribution in [3.05, 3.63) is 70.2 Å². The first-order valence-electron chi connectivity index (χ1n) is 13.0. The van der Waals surface area contributed by atoms with Crippen molar-refractivity contribution in [2.24, 2.45) is 5.92 Å². The molecule has 0 radical (unpaired) electrons. The number of para-hydroxylation sites is 1. The fourth-order valence-corrected chi connectivity index (χ4v) is 6.00. The van der Waals surface area contributed by atoms with Crippen molar-refractivity contribution in [3.63, 3.8) is 0 Å². The zero-order valence-electron chi connectivity index (χ0n) is 21.4. The van der Waals surface area contributed by atoms with Crippen molar-refractivity contribution in [1.29, 1.82) is 0 Å². The Labute approximate surface area is 222 Å². The summed E-state index contributed by atoms with van der Waals surface area (Å²) in [4.78, 5) is 6.06. The van der Waals surface area contributed by atoms with Gasteiger partial charge in [0.25, 0.3) is 5.92 Å². The lowest BCUT2D eigenvalue weighted by molar-refractivity contribution is -0.0869. The summed E-state index contributed by atoms with van der Waals surface area (Å²) < 4.78 is 87.5. The normalized spacial score (nSPS) is 21.8. The molecule has 11 heteroatoms. The second-order valence-electron chi connectivity index (χ2n) is 10.7. The Bertz CT molecular complexity index is 1320. The van der Waals surface area contributed by atoms with E-state index in [1.165, 1.54) is 17.0 Å². The molecule has 3 aromatic rings. The Morgan fingerprint density at radius 1 is 1.10 bits per heavy atom. The molecule has 2 aliphatic heterocycles. The predicted molar refractivity (Wildman–Crippen MR) is 134 cm³/mol. The number of aliphatic hydroxyl groups is 2. The third-order valence-electron chi connectivity index (χ3n) is 8.00. The van der Waals surface area contributed by atoms with Gasteiger partial charge in [-0.1, -0.05) is 12.1 Å². The topological polar surface area (TPSA) is 62.7 Å². The maximum atomic E-state index is 15.8. The number of hydrogen-bond donors (Lipinski definition) is 3. The number of aromatic nitrogens is 1. The number of H-pyrrole nitrogens is 1. The molecule has 0 aliphatic carbocycles. The molecule has 212 valence electrons. The molecule has 39 heavy (non-hydrogen) atoms. The molecule has 2 aromatic carbocycles. The second kappa shape index (κ2) is 10.8. The number of nitrogens with one attached hydrogen (secondary N) is 1. The minimum absolute atomic E-state index is 0.0166. The smallest absolute Gasteiger partial charge is 0.283 e. The number of aliphatic hydroxyl groups excluding tert-OH is 2. The maximum absolute atomic E-state index is 15.8. The highest BCUT2D eigenvalue weighted by Gasteiger charge is 2.44. The largest absolute Gasteiger partial charge is 0.390 e. The van der Waals surface area contributed by atoms with Crippen LogP contribution in [0.2, 0.25) is 0 Å². The molecule has 3 atom stereocenters. The zero-order valence-corrected chi connectivity index (χ0v) is 21.4. The van der Waals surface area contributed by atoms with Gasteiger partial charge >= 0.3 is 0 Å². The van der Waals surface area contributed by atoms with Crippen molar-refractivity contribution in [1.82, 2.24) is 14.8 Å². The Morgan fingerprint density at radius 3 is 2.44 bits per heavy atom. The number of alkyl halides is 3. The van der Waals surface area contributed by atoms with Gasteiger partial charge in [-0.25, -0.2) is 22.0 Å². The molecule has 0 saturated carbocycles. The standard InChI is InChI=1S/C28H31F6N3O2/c1-15-8-19-18-4-2-5-20(30)24(18)35-25(19)26(37(15)13-28(33,34)14-38)23-21(31)9-16(10-22(23)32)27(39)17-11-36(12-17)7-3-6-29/h2,4-5,9-10,15,17,26-27,35,38-39H,3,6-8,11-14H2,1H3/t15-,26-,27?/m0/s1. The molecule has 1 unspecified atom stereocenters. The Balaban J connectivity index is 1.55. The van der Waals surface area contributed by atoms with Crippen LogP contribution in [0.1, 0.15) is 47.9 Å². The van der Waals surface area contributed by atoms with E-state index in [-0.39, 0.29) is 29.1 Å². The van der Waals surface area contributed by atoms with Crippen molar-refractivity contribution in [3.8, 4) is 0 Å². The first-order valence-corrected chi connectivity index (χ1v) is 13.0. The second-order valence-corrected chi connectivity index (χ2v) is 10.7. The average molecular weight is 556 g/mol. The molecule has 1 aromatic heterocycles. The highest BCUT2D eigenvalue weighted by Crippen LogP contribution is 2.44. The minimum atomic E-state index is -3.55. The van der Waals surface area contributed by atoms with Gasteiger partial charge in [-0.3, -0.25) is 9.29 Å². The number of hydrogen-bond acceptors (Lipinski definition) is 4. The molecule has 5 rings (SSSR count). The fraction of sp³-hybridized carbons (Fsp3) is 0.500. The van der Waals surface area contributed by atoms with Crippen LogP contribution in [0.4, 0.5) is 26.3 Å². The summed E-state index contributed by atoms with van der Waals surface area (Å²) in [6.45, 7) is 0.210. The monoisotopic (exact) mass is 555 g/mol. The molecule has 1 saturated heterocycles. The van der Waals surface area contributed by atoms with Crippen molar-refractivity contribution < 1.29 is 36.6 Å². The van der Waals surface area contributed by atoms with Crippen molar-refractivity contribution in [2.45, 2.75) is 43.9 Å². The van der Waals surface area contributed by atoms with Crippen LogP contribution in [-0.4, -0.2) is 76.4 Å². The molecule has 0 spiro atoms. The van der Waals surface area contributed by atoms with Crippen LogP contribution in [-0.2, 0) is 6.42 Å². The van der Waals surface area contributed by atoms with E-state index in [1.54, 1.807) is 13.0 Å². The summed E-state index contributed by atoms with van der Waals surface area (Å²) in [5.74, 6) is -6.48. The Morgan fingerprint density at radius 2 is 1.79 bits per heavy atom. The van der Waals surface area contributed by atoms with Crippen LogP contribution in [0.25, 0.3) is 10.9 Å². The van der Waals surface area contributed by atoms with Gasteiger partial charge in [-0.05, 0) is 49.1 Å². The van der Waals surface area contributed by atoms with Gasteiger partial charge in [0.05, 0.1) is 30.9 Å². The molecule has 0 amide bonds. The van der Waals surface area contributed by atoms with E-state index in [1.807, 2.05) is 4.90 Å². The summed E-state index contributed by atoms with van der Waals surface area (Å²) in [7, 11) is 0. The third kappa shape index (κ3) is 5.17. The Kier molecular flexibility index (Phi) is 7.71. The van der Waals surface area contributed by atoms with Gasteiger partial charge in [0, 0.05) is 48.2 Å². The summed E-state index contributed by atoms with van der Waals surface area (Å²) in [6.07, 6.45) is -0.578. The number of halogens is 6. The first-order chi connectivity index (χ1) is 18.5. The zero-order chi connectivity index (χ0) is 28.1. The summed E-state index contributed by atoms with van der Waals surface area (Å²) in [5.41, 5.74) is 0.415. The molecular formula is C28H31F6N3O2. The Hall–Kier alpha value is -2.60. The molecule has 2 aliphatic rings. The van der Waals surface area contributed by atoms with Crippen LogP contribution >= 0.6 is 0 Å². The van der Waals surface area contributed by atoms with Gasteiger partial charge in [0.15, 0.2) is 0 Å². The van der Waals surface area contributed by atoms with Crippen LogP contribution in [0, 0.1) is 23.4 Å². The number of benzene rings is 2. The van der Waals surface area contributed by atoms with Crippen LogP contribution in [0.5, 0.6) is 0 Å². The molecule has 3 heterocycles. The van der Waals surface area contributed by atoms with E-state index in [0.717, 1.165) is 12.1 Å². The van der Waals surface area contributed by atoms with E-state index < -0.39 is 67.0 Å². The van der Waals surface area contributed by atoms with Crippen LogP contribution < -0.4 is 0 Å². The lowest BCUT2D eigenvalue weighted by Gasteiger charge is -2.43. The highest BCUT2D eigenvalue weighted by molar-refractivity contribution is 5.86. The molecule has 3 N–H and O–H groups in total. The SMILES string of the molecule is C[C@H]1Cc2c([nH]c3c(F)cccc23)[C@H](c2c(F)cc(C(O)C3CN(CCCF)C3)cc2F)N1CC(F)(F)CO. The number of nitrogens with zero attached hydrogens (tertiary/aromatic N) is 2. The lowest BCUT2D eigenvalue weighted by atomic mass is 9.85. The minimum Gasteiger partial charge on any atom is -0.390 e. The summed E-state index contributed by atoms with van der Waals surface area (Å²) in [6, 6.07) is 4.44. The van der Waals surface area contributed by atoms with Crippen LogP contribution in [0.15, 0.2) is 30.3 Å². The highest BCUT2D eigenvalue weighted by atomic mass is 19.3. The number of rotatable bonds is 9. The molecule has 1 fully saturated rings. The fourth-order valence-electron chi connectivity index (χ4n) is 6.00. The van der Waals surface area contributed by atoms with Crippen LogP contribution in [0.3, 0.4) is 0 Å². The molecule has 0 bridgehead atoms. The number of likely N-dealkylation sites (tertiary alicyclic amines) is 1. The van der Waals surface area contributed by atoms with E-state index in [4.69, 9.17) is 0 Å². The summed E-state index contributed by atoms with van der Waals surface area (Å²) >= 11 is 0.